The Morgan fingerprint density at radius 3 is 1.96 bits per heavy atom. The van der Waals surface area contributed by atoms with E-state index in [1.165, 1.54) is 0 Å². The third kappa shape index (κ3) is 7.59. The molecule has 5 heteroatoms. The largest absolute Gasteiger partial charge is 0.452 e. The maximum atomic E-state index is 11.9. The second-order valence-corrected chi connectivity index (χ2v) is 5.13. The molecule has 1 aliphatic heterocycles. The number of hydrogen-bond acceptors (Lipinski definition) is 4. The molecule has 136 valence electrons. The number of benzene rings is 1. The number of nitrogens with zero attached hydrogens (tertiary/aromatic N) is 2. The van der Waals surface area contributed by atoms with Crippen LogP contribution in [-0.2, 0) is 9.53 Å². The number of likely N-dealkylation sites (N-methyl/N-ethyl adjacent to an activating group) is 1. The average molecular weight is 336 g/mol. The molecule has 0 spiro atoms. The van der Waals surface area contributed by atoms with Crippen LogP contribution in [0.25, 0.3) is 0 Å². The molecule has 2 rings (SSSR count). The first kappa shape index (κ1) is 22.1. The standard InChI is InChI=1S/C15H20N2O3.2C2H6/c1-12-3-5-13(6-4-12)15(19)20-11-14(18)17-9-7-16(2)8-10-17;2*1-2/h3-6H,7-11H2,1-2H3;2*1-2H3. The van der Waals surface area contributed by atoms with Gasteiger partial charge in [0.1, 0.15) is 0 Å². The number of aryl methyl sites for hydroxylation is 1. The van der Waals surface area contributed by atoms with E-state index >= 15 is 0 Å². The van der Waals surface area contributed by atoms with E-state index in [1.807, 2.05) is 53.8 Å². The minimum absolute atomic E-state index is 0.126. The topological polar surface area (TPSA) is 49.9 Å². The van der Waals surface area contributed by atoms with Crippen LogP contribution in [0.15, 0.2) is 24.3 Å². The summed E-state index contributed by atoms with van der Waals surface area (Å²) in [5.41, 5.74) is 1.55. The summed E-state index contributed by atoms with van der Waals surface area (Å²) < 4.78 is 5.07. The van der Waals surface area contributed by atoms with E-state index in [0.29, 0.717) is 18.7 Å². The monoisotopic (exact) mass is 336 g/mol. The first-order valence-electron chi connectivity index (χ1n) is 8.76. The predicted molar refractivity (Wildman–Crippen MR) is 98.2 cm³/mol. The highest BCUT2D eigenvalue weighted by Crippen LogP contribution is 2.06. The summed E-state index contributed by atoms with van der Waals surface area (Å²) in [6.07, 6.45) is 0. The van der Waals surface area contributed by atoms with Gasteiger partial charge in [0, 0.05) is 26.2 Å². The number of rotatable bonds is 3. The second-order valence-electron chi connectivity index (χ2n) is 5.13. The lowest BCUT2D eigenvalue weighted by molar-refractivity contribution is -0.136. The lowest BCUT2D eigenvalue weighted by Crippen LogP contribution is -2.48. The Balaban J connectivity index is 0.00000123. The molecule has 1 aliphatic rings. The Labute approximate surface area is 146 Å². The molecule has 0 N–H and O–H groups in total. The van der Waals surface area contributed by atoms with E-state index in [2.05, 4.69) is 4.90 Å². The zero-order chi connectivity index (χ0) is 18.5. The number of hydrogen-bond donors (Lipinski definition) is 0. The van der Waals surface area contributed by atoms with E-state index in [4.69, 9.17) is 4.74 Å². The van der Waals surface area contributed by atoms with Crippen molar-refractivity contribution in [2.24, 2.45) is 0 Å². The molecule has 24 heavy (non-hydrogen) atoms. The van der Waals surface area contributed by atoms with Gasteiger partial charge in [0.2, 0.25) is 0 Å². The van der Waals surface area contributed by atoms with Crippen molar-refractivity contribution in [1.82, 2.24) is 9.80 Å². The van der Waals surface area contributed by atoms with Crippen molar-refractivity contribution in [3.8, 4) is 0 Å². The van der Waals surface area contributed by atoms with Gasteiger partial charge in [-0.1, -0.05) is 45.4 Å². The average Bonchev–Trinajstić information content (AvgIpc) is 2.64. The Morgan fingerprint density at radius 1 is 0.958 bits per heavy atom. The molecule has 1 aromatic rings. The van der Waals surface area contributed by atoms with Crippen LogP contribution in [0.5, 0.6) is 0 Å². The van der Waals surface area contributed by atoms with Crippen molar-refractivity contribution in [1.29, 1.82) is 0 Å². The summed E-state index contributed by atoms with van der Waals surface area (Å²) in [5, 5.41) is 0. The maximum Gasteiger partial charge on any atom is 0.338 e. The van der Waals surface area contributed by atoms with Crippen LogP contribution in [0.1, 0.15) is 43.6 Å². The third-order valence-electron chi connectivity index (χ3n) is 3.47. The third-order valence-corrected chi connectivity index (χ3v) is 3.47. The molecular formula is C19H32N2O3. The van der Waals surface area contributed by atoms with Crippen LogP contribution in [0.4, 0.5) is 0 Å². The Bertz CT molecular complexity index is 478. The molecule has 0 unspecified atom stereocenters. The molecule has 0 bridgehead atoms. The fourth-order valence-electron chi connectivity index (χ4n) is 2.05. The molecule has 1 amide bonds. The van der Waals surface area contributed by atoms with Crippen LogP contribution >= 0.6 is 0 Å². The van der Waals surface area contributed by atoms with Gasteiger partial charge in [-0.2, -0.15) is 0 Å². The summed E-state index contributed by atoms with van der Waals surface area (Å²) in [6, 6.07) is 7.10. The van der Waals surface area contributed by atoms with E-state index in [9.17, 15) is 9.59 Å². The second kappa shape index (κ2) is 12.5. The molecule has 1 fully saturated rings. The van der Waals surface area contributed by atoms with Crippen LogP contribution < -0.4 is 0 Å². The van der Waals surface area contributed by atoms with Gasteiger partial charge in [-0.3, -0.25) is 4.79 Å². The number of piperazine rings is 1. The van der Waals surface area contributed by atoms with Gasteiger partial charge in [0.05, 0.1) is 5.56 Å². The van der Waals surface area contributed by atoms with E-state index in [1.54, 1.807) is 17.0 Å². The van der Waals surface area contributed by atoms with Gasteiger partial charge in [-0.05, 0) is 26.1 Å². The number of esters is 1. The van der Waals surface area contributed by atoms with E-state index in [0.717, 1.165) is 18.7 Å². The summed E-state index contributed by atoms with van der Waals surface area (Å²) in [5.74, 6) is -0.578. The van der Waals surface area contributed by atoms with Crippen molar-refractivity contribution >= 4 is 11.9 Å². The maximum absolute atomic E-state index is 11.9. The van der Waals surface area contributed by atoms with Crippen molar-refractivity contribution < 1.29 is 14.3 Å². The van der Waals surface area contributed by atoms with Gasteiger partial charge in [-0.25, -0.2) is 4.79 Å². The van der Waals surface area contributed by atoms with E-state index in [-0.39, 0.29) is 12.5 Å². The summed E-state index contributed by atoms with van der Waals surface area (Å²) in [4.78, 5) is 27.6. The van der Waals surface area contributed by atoms with Crippen LogP contribution in [0.2, 0.25) is 0 Å². The Morgan fingerprint density at radius 2 is 1.46 bits per heavy atom. The first-order chi connectivity index (χ1) is 11.6. The summed E-state index contributed by atoms with van der Waals surface area (Å²) in [6.45, 7) is 12.9. The number of carbonyl (C=O) groups is 2. The molecule has 0 aromatic heterocycles. The molecule has 0 aliphatic carbocycles. The number of amides is 1. The van der Waals surface area contributed by atoms with Gasteiger partial charge in [-0.15, -0.1) is 0 Å². The Kier molecular flexibility index (Phi) is 11.5. The lowest BCUT2D eigenvalue weighted by atomic mass is 10.1. The quantitative estimate of drug-likeness (QED) is 0.796. The molecular weight excluding hydrogens is 304 g/mol. The molecule has 0 radical (unpaired) electrons. The van der Waals surface area contributed by atoms with Gasteiger partial charge in [0.25, 0.3) is 5.91 Å². The Hall–Kier alpha value is -1.88. The highest BCUT2D eigenvalue weighted by Gasteiger charge is 2.20. The minimum Gasteiger partial charge on any atom is -0.452 e. The zero-order valence-electron chi connectivity index (χ0n) is 16.0. The molecule has 0 saturated carbocycles. The SMILES string of the molecule is CC.CC.Cc1ccc(C(=O)OCC(=O)N2CCN(C)CC2)cc1. The highest BCUT2D eigenvalue weighted by atomic mass is 16.5. The van der Waals surface area contributed by atoms with E-state index < -0.39 is 5.97 Å². The smallest absolute Gasteiger partial charge is 0.338 e. The predicted octanol–water partition coefficient (Wildman–Crippen LogP) is 2.98. The minimum atomic E-state index is -0.451. The van der Waals surface area contributed by atoms with Crippen LogP contribution in [0, 0.1) is 6.92 Å². The molecule has 1 heterocycles. The van der Waals surface area contributed by atoms with Gasteiger partial charge in [0.15, 0.2) is 6.61 Å². The van der Waals surface area contributed by atoms with Crippen molar-refractivity contribution in [2.45, 2.75) is 34.6 Å². The summed E-state index contributed by atoms with van der Waals surface area (Å²) >= 11 is 0. The van der Waals surface area contributed by atoms with Crippen LogP contribution in [-0.4, -0.2) is 61.5 Å². The first-order valence-corrected chi connectivity index (χ1v) is 8.76. The van der Waals surface area contributed by atoms with Crippen LogP contribution in [0.3, 0.4) is 0 Å². The van der Waals surface area contributed by atoms with Gasteiger partial charge < -0.3 is 14.5 Å². The van der Waals surface area contributed by atoms with Crippen molar-refractivity contribution in [2.75, 3.05) is 39.8 Å². The normalized spacial score (nSPS) is 13.8. The highest BCUT2D eigenvalue weighted by molar-refractivity contribution is 5.91. The lowest BCUT2D eigenvalue weighted by Gasteiger charge is -2.32. The fraction of sp³-hybridized carbons (Fsp3) is 0.579. The number of carbonyl (C=O) groups excluding carboxylic acids is 2. The van der Waals surface area contributed by atoms with Crippen molar-refractivity contribution in [3.05, 3.63) is 35.4 Å². The number of ether oxygens (including phenoxy) is 1. The summed E-state index contributed by atoms with van der Waals surface area (Å²) in [7, 11) is 2.03. The zero-order valence-corrected chi connectivity index (χ0v) is 16.0. The molecule has 5 nitrogen and oxygen atoms in total. The van der Waals surface area contributed by atoms with Crippen molar-refractivity contribution in [3.63, 3.8) is 0 Å². The fourth-order valence-corrected chi connectivity index (χ4v) is 2.05. The molecule has 0 atom stereocenters. The molecule has 1 aromatic carbocycles. The molecule has 1 saturated heterocycles. The van der Waals surface area contributed by atoms with Gasteiger partial charge >= 0.3 is 5.97 Å².